The van der Waals surface area contributed by atoms with E-state index in [1.54, 1.807) is 6.92 Å². The van der Waals surface area contributed by atoms with Crippen molar-refractivity contribution in [1.29, 1.82) is 0 Å². The van der Waals surface area contributed by atoms with E-state index >= 15 is 0 Å². The van der Waals surface area contributed by atoms with E-state index in [0.717, 1.165) is 22.6 Å². The molecular weight excluding hydrogens is 493 g/mol. The molecule has 212 valence electrons. The second-order valence-corrected chi connectivity index (χ2v) is 10.4. The number of alkyl halides is 3. The summed E-state index contributed by atoms with van der Waals surface area (Å²) in [5.74, 6) is 0.808. The first-order chi connectivity index (χ1) is 17.6. The number of hydrogen-bond acceptors (Lipinski definition) is 4. The average molecular weight is 537 g/mol. The van der Waals surface area contributed by atoms with E-state index in [9.17, 15) is 18.0 Å². The van der Waals surface area contributed by atoms with E-state index in [4.69, 9.17) is 4.74 Å². The first-order valence-corrected chi connectivity index (χ1v) is 12.9. The molecule has 0 amide bonds. The maximum absolute atomic E-state index is 12.2. The number of amidine groups is 1. The number of methoxy groups -OCH3 is 1. The second-order valence-electron chi connectivity index (χ2n) is 10.4. The van der Waals surface area contributed by atoms with Crippen LogP contribution in [0.4, 0.5) is 24.5 Å². The van der Waals surface area contributed by atoms with Gasteiger partial charge in [0.15, 0.2) is 0 Å². The van der Waals surface area contributed by atoms with Crippen LogP contribution in [0.1, 0.15) is 77.5 Å². The predicted molar refractivity (Wildman–Crippen MR) is 149 cm³/mol. The smallest absolute Gasteiger partial charge is 0.469 e. The summed E-state index contributed by atoms with van der Waals surface area (Å²) < 4.78 is 45.2. The minimum atomic E-state index is -4.73. The lowest BCUT2D eigenvalue weighted by molar-refractivity contribution is -0.274. The van der Waals surface area contributed by atoms with Crippen molar-refractivity contribution in [2.75, 3.05) is 12.4 Å². The number of carbonyl (C=O) groups excluding carboxylic acids is 1. The summed E-state index contributed by atoms with van der Waals surface area (Å²) in [6.07, 6.45) is -0.573. The highest BCUT2D eigenvalue weighted by atomic mass is 19.4. The summed E-state index contributed by atoms with van der Waals surface area (Å²) >= 11 is 0. The Balaban J connectivity index is 0.000000612. The molecule has 0 radical (unpaired) electrons. The number of rotatable bonds is 9. The average Bonchev–Trinajstić information content (AvgIpc) is 2.82. The number of halogens is 3. The van der Waals surface area contributed by atoms with E-state index < -0.39 is 6.36 Å². The quantitative estimate of drug-likeness (QED) is 0.197. The predicted octanol–water partition coefficient (Wildman–Crippen LogP) is 8.94. The molecular formula is C30H43F3N2O3. The fourth-order valence-corrected chi connectivity index (χ4v) is 3.81. The summed E-state index contributed by atoms with van der Waals surface area (Å²) in [5.41, 5.74) is 4.53. The highest BCUT2D eigenvalue weighted by Gasteiger charge is 2.30. The van der Waals surface area contributed by atoms with Gasteiger partial charge in [-0.15, -0.1) is 13.2 Å². The molecule has 38 heavy (non-hydrogen) atoms. The molecule has 0 aliphatic carbocycles. The van der Waals surface area contributed by atoms with Gasteiger partial charge in [0.25, 0.3) is 0 Å². The number of hydrogen-bond donors (Lipinski definition) is 1. The van der Waals surface area contributed by atoms with E-state index in [-0.39, 0.29) is 18.1 Å². The van der Waals surface area contributed by atoms with Crippen LogP contribution in [-0.4, -0.2) is 25.3 Å². The van der Waals surface area contributed by atoms with Crippen LogP contribution < -0.4 is 10.1 Å². The van der Waals surface area contributed by atoms with Gasteiger partial charge in [-0.25, -0.2) is 4.99 Å². The molecule has 2 aromatic carbocycles. The first kappa shape index (κ1) is 33.0. The van der Waals surface area contributed by atoms with Gasteiger partial charge in [0.05, 0.1) is 19.2 Å². The third kappa shape index (κ3) is 12.5. The molecule has 0 saturated carbocycles. The molecule has 0 heterocycles. The molecule has 8 heteroatoms. The van der Waals surface area contributed by atoms with Gasteiger partial charge in [0.2, 0.25) is 0 Å². The van der Waals surface area contributed by atoms with Crippen LogP contribution in [0.3, 0.4) is 0 Å². The topological polar surface area (TPSA) is 59.9 Å². The van der Waals surface area contributed by atoms with Crippen LogP contribution >= 0.6 is 0 Å². The third-order valence-corrected chi connectivity index (χ3v) is 6.47. The minimum Gasteiger partial charge on any atom is -0.469 e. The molecule has 1 N–H and O–H groups in total. The zero-order chi connectivity index (χ0) is 29.1. The van der Waals surface area contributed by atoms with Crippen LogP contribution in [0.5, 0.6) is 5.75 Å². The Kier molecular flexibility index (Phi) is 12.8. The number of nitrogens with one attached hydrogen (secondary N) is 1. The molecule has 2 aromatic rings. The molecule has 0 aliphatic heterocycles. The number of nitrogens with zero attached hydrogens (tertiary/aromatic N) is 1. The maximum Gasteiger partial charge on any atom is 0.573 e. The summed E-state index contributed by atoms with van der Waals surface area (Å²) in [6, 6.07) is 9.12. The Morgan fingerprint density at radius 2 is 1.66 bits per heavy atom. The molecule has 0 unspecified atom stereocenters. The zero-order valence-electron chi connectivity index (χ0n) is 24.2. The number of anilines is 1. The van der Waals surface area contributed by atoms with Crippen LogP contribution in [0.25, 0.3) is 0 Å². The van der Waals surface area contributed by atoms with Gasteiger partial charge in [0, 0.05) is 5.69 Å². The van der Waals surface area contributed by atoms with E-state index in [1.807, 2.05) is 26.0 Å². The number of esters is 1. The van der Waals surface area contributed by atoms with Gasteiger partial charge in [-0.05, 0) is 85.5 Å². The van der Waals surface area contributed by atoms with Gasteiger partial charge in [-0.3, -0.25) is 4.79 Å². The molecule has 5 nitrogen and oxygen atoms in total. The third-order valence-electron chi connectivity index (χ3n) is 6.47. The molecule has 0 bridgehead atoms. The molecule has 0 aliphatic rings. The van der Waals surface area contributed by atoms with Crippen LogP contribution in [0, 0.1) is 25.2 Å². The fraction of sp³-hybridized carbons (Fsp3) is 0.533. The maximum atomic E-state index is 12.2. The normalized spacial score (nSPS) is 12.8. The Morgan fingerprint density at radius 3 is 2.16 bits per heavy atom. The molecule has 2 rings (SSSR count). The summed E-state index contributed by atoms with van der Waals surface area (Å²) in [7, 11) is 1.34. The van der Waals surface area contributed by atoms with Crippen molar-refractivity contribution in [3.8, 4) is 5.75 Å². The lowest BCUT2D eigenvalue weighted by atomic mass is 9.80. The second kappa shape index (κ2) is 14.8. The lowest BCUT2D eigenvalue weighted by Gasteiger charge is -2.25. The van der Waals surface area contributed by atoms with Crippen molar-refractivity contribution < 1.29 is 27.4 Å². The van der Waals surface area contributed by atoms with Gasteiger partial charge < -0.3 is 14.8 Å². The minimum absolute atomic E-state index is 0.151. The van der Waals surface area contributed by atoms with Gasteiger partial charge in [-0.1, -0.05) is 53.5 Å². The summed E-state index contributed by atoms with van der Waals surface area (Å²) in [6.45, 7) is 17.2. The Bertz CT molecular complexity index is 1060. The van der Waals surface area contributed by atoms with E-state index in [0.29, 0.717) is 22.6 Å². The zero-order valence-corrected chi connectivity index (χ0v) is 24.2. The van der Waals surface area contributed by atoms with Gasteiger partial charge in [0.1, 0.15) is 11.6 Å². The number of aryl methyl sites for hydroxylation is 2. The first-order valence-electron chi connectivity index (χ1n) is 12.9. The Morgan fingerprint density at radius 1 is 1.05 bits per heavy atom. The molecule has 0 fully saturated rings. The number of aliphatic imine (C=N–C) groups is 1. The number of benzene rings is 2. The highest BCUT2D eigenvalue weighted by molar-refractivity contribution is 5.95. The number of ether oxygens (including phenoxy) is 2. The lowest BCUT2D eigenvalue weighted by Crippen LogP contribution is -2.17. The monoisotopic (exact) mass is 536 g/mol. The Labute approximate surface area is 225 Å². The summed E-state index contributed by atoms with van der Waals surface area (Å²) in [4.78, 5) is 16.1. The van der Waals surface area contributed by atoms with E-state index in [2.05, 4.69) is 49.7 Å². The van der Waals surface area contributed by atoms with Crippen molar-refractivity contribution in [2.45, 2.75) is 87.4 Å². The van der Waals surface area contributed by atoms with Crippen molar-refractivity contribution in [3.05, 3.63) is 53.1 Å². The van der Waals surface area contributed by atoms with Crippen molar-refractivity contribution >= 4 is 23.2 Å². The van der Waals surface area contributed by atoms with Gasteiger partial charge in [-0.2, -0.15) is 0 Å². The van der Waals surface area contributed by atoms with Crippen molar-refractivity contribution in [3.63, 3.8) is 0 Å². The molecule has 0 spiro atoms. The van der Waals surface area contributed by atoms with Gasteiger partial charge >= 0.3 is 12.3 Å². The number of carbonyl (C=O) groups is 1. The highest BCUT2D eigenvalue weighted by Crippen LogP contribution is 2.30. The largest absolute Gasteiger partial charge is 0.573 e. The fourth-order valence-electron chi connectivity index (χ4n) is 3.81. The molecule has 0 aromatic heterocycles. The van der Waals surface area contributed by atoms with Crippen molar-refractivity contribution in [1.82, 2.24) is 0 Å². The summed E-state index contributed by atoms with van der Waals surface area (Å²) in [5, 5.41) is 3.02. The van der Waals surface area contributed by atoms with Crippen LogP contribution in [-0.2, 0) is 16.0 Å². The Hall–Kier alpha value is -3.03. The SMILES string of the molecule is CC[C@@H](C)CC(C)(C)CC.COC(=O)Cc1cc(N=C(C)Nc2ccc(OC(F)(F)F)cc2)c(C)cc1C. The molecule has 0 saturated heterocycles. The standard InChI is InChI=1S/C20H21F3N2O3.C10H22/c1-12-9-13(2)18(10-15(12)11-19(26)27-4)25-14(3)24-16-5-7-17(8-6-16)28-20(21,22)23;1-6-9(3)8-10(4,5)7-2/h5-10H,11H2,1-4H3,(H,24,25);9H,6-8H2,1-5H3/t;9-/m.1/s1. The van der Waals surface area contributed by atoms with Crippen LogP contribution in [0.2, 0.25) is 0 Å². The van der Waals surface area contributed by atoms with E-state index in [1.165, 1.54) is 50.6 Å². The molecule has 1 atom stereocenters. The van der Waals surface area contributed by atoms with Crippen molar-refractivity contribution in [2.24, 2.45) is 16.3 Å². The van der Waals surface area contributed by atoms with Crippen LogP contribution in [0.15, 0.2) is 41.4 Å².